The zero-order chi connectivity index (χ0) is 32.6. The monoisotopic (exact) mass is 622 g/mol. The molecule has 2 aromatic heterocycles. The van der Waals surface area contributed by atoms with Crippen molar-refractivity contribution in [1.29, 1.82) is 0 Å². The van der Waals surface area contributed by atoms with Gasteiger partial charge in [0, 0.05) is 56.7 Å². The third-order valence-electron chi connectivity index (χ3n) is 9.58. The second-order valence-corrected chi connectivity index (χ2v) is 12.3. The lowest BCUT2D eigenvalue weighted by atomic mass is 10.0. The Balaban J connectivity index is 1.19. The van der Waals surface area contributed by atoms with E-state index >= 15 is 0 Å². The molecule has 0 amide bonds. The molecule has 0 aliphatic rings. The topological polar surface area (TPSA) is 25.5 Å². The van der Waals surface area contributed by atoms with Crippen molar-refractivity contribution in [3.63, 3.8) is 0 Å². The first-order chi connectivity index (χ1) is 23.6. The Hall–Kier alpha value is -5.87. The Morgan fingerprint density at radius 1 is 0.562 bits per heavy atom. The van der Waals surface area contributed by atoms with Gasteiger partial charge in [-0.2, -0.15) is 5.10 Å². The molecule has 48 heavy (non-hydrogen) atoms. The van der Waals surface area contributed by atoms with Crippen LogP contribution < -0.4 is 5.01 Å². The highest BCUT2D eigenvalue weighted by atomic mass is 15.4. The summed E-state index contributed by atoms with van der Waals surface area (Å²) in [5.41, 5.74) is 12.0. The van der Waals surface area contributed by atoms with E-state index in [1.165, 1.54) is 60.3 Å². The van der Waals surface area contributed by atoms with Crippen molar-refractivity contribution < 1.29 is 0 Å². The molecule has 234 valence electrons. The number of aryl methyl sites for hydroxylation is 2. The molecule has 0 radical (unpaired) electrons. The molecule has 0 aliphatic carbocycles. The molecule has 4 heteroatoms. The summed E-state index contributed by atoms with van der Waals surface area (Å²) >= 11 is 0. The van der Waals surface area contributed by atoms with Crippen LogP contribution in [-0.4, -0.2) is 15.3 Å². The van der Waals surface area contributed by atoms with Crippen LogP contribution in [0.25, 0.3) is 60.8 Å². The summed E-state index contributed by atoms with van der Waals surface area (Å²) in [7, 11) is 0. The van der Waals surface area contributed by atoms with Gasteiger partial charge in [0.25, 0.3) is 0 Å². The van der Waals surface area contributed by atoms with Gasteiger partial charge in [0.1, 0.15) is 0 Å². The van der Waals surface area contributed by atoms with Gasteiger partial charge in [-0.15, -0.1) is 0 Å². The van der Waals surface area contributed by atoms with E-state index in [9.17, 15) is 0 Å². The lowest BCUT2D eigenvalue weighted by Crippen LogP contribution is -2.16. The molecule has 8 aromatic rings. The molecule has 0 spiro atoms. The molecule has 6 aromatic carbocycles. The smallest absolute Gasteiger partial charge is 0.0666 e. The molecule has 0 bridgehead atoms. The Morgan fingerprint density at radius 3 is 1.75 bits per heavy atom. The van der Waals surface area contributed by atoms with Crippen molar-refractivity contribution in [1.82, 2.24) is 9.13 Å². The fraction of sp³-hybridized carbons (Fsp3) is 0.114. The predicted molar refractivity (Wildman–Crippen MR) is 206 cm³/mol. The first-order valence-corrected chi connectivity index (χ1v) is 16.8. The van der Waals surface area contributed by atoms with Crippen molar-refractivity contribution in [2.45, 2.75) is 33.5 Å². The van der Waals surface area contributed by atoms with Gasteiger partial charge in [0.15, 0.2) is 0 Å². The van der Waals surface area contributed by atoms with E-state index in [0.717, 1.165) is 29.9 Å². The van der Waals surface area contributed by atoms with E-state index in [1.54, 1.807) is 0 Å². The van der Waals surface area contributed by atoms with Crippen molar-refractivity contribution in [2.75, 3.05) is 5.01 Å². The van der Waals surface area contributed by atoms with Gasteiger partial charge in [-0.3, -0.25) is 5.01 Å². The van der Waals surface area contributed by atoms with Crippen LogP contribution in [0, 0.1) is 0 Å². The van der Waals surface area contributed by atoms with Crippen LogP contribution in [0.3, 0.4) is 0 Å². The fourth-order valence-corrected chi connectivity index (χ4v) is 7.16. The molecule has 0 saturated carbocycles. The Labute approximate surface area is 281 Å². The minimum atomic E-state index is 0.667. The van der Waals surface area contributed by atoms with Crippen LogP contribution in [0.5, 0.6) is 0 Å². The van der Waals surface area contributed by atoms with Crippen LogP contribution in [0.1, 0.15) is 30.5 Å². The first-order valence-electron chi connectivity index (χ1n) is 16.8. The largest absolute Gasteiger partial charge is 0.341 e. The quantitative estimate of drug-likeness (QED) is 0.116. The Bertz CT molecular complexity index is 2460. The van der Waals surface area contributed by atoms with Gasteiger partial charge in [-0.1, -0.05) is 91.5 Å². The normalized spacial score (nSPS) is 11.8. The molecule has 4 nitrogen and oxygen atoms in total. The lowest BCUT2D eigenvalue weighted by Gasteiger charge is -2.19. The van der Waals surface area contributed by atoms with Crippen molar-refractivity contribution in [3.05, 3.63) is 157 Å². The van der Waals surface area contributed by atoms with Crippen molar-refractivity contribution >= 4 is 61.6 Å². The fourth-order valence-electron chi connectivity index (χ4n) is 7.16. The van der Waals surface area contributed by atoms with Gasteiger partial charge in [0.2, 0.25) is 0 Å². The van der Waals surface area contributed by atoms with Crippen LogP contribution in [0.2, 0.25) is 0 Å². The van der Waals surface area contributed by atoms with Gasteiger partial charge in [-0.05, 0) is 96.3 Å². The highest BCUT2D eigenvalue weighted by Gasteiger charge is 2.14. The number of fused-ring (bicyclic) bond motifs is 6. The summed E-state index contributed by atoms with van der Waals surface area (Å²) in [6.45, 7) is 10.8. The molecule has 0 atom stereocenters. The SMILES string of the molecule is C=Cc1ccc(CN(N=Cc2ccc3c(c2)c2cc(-c4ccc5c(c4)c4ccccc4n5CC)ccc2n3CC)c2ccccc2)cc1. The molecular weight excluding hydrogens is 585 g/mol. The highest BCUT2D eigenvalue weighted by Crippen LogP contribution is 2.36. The van der Waals surface area contributed by atoms with Gasteiger partial charge < -0.3 is 9.13 Å². The molecule has 0 unspecified atom stereocenters. The number of anilines is 1. The third-order valence-corrected chi connectivity index (χ3v) is 9.58. The standard InChI is InChI=1S/C44H38N4/c1-4-31-16-18-32(19-17-31)30-48(36-12-8-7-9-13-36)45-29-33-20-23-42-38(26-33)40-28-35(22-25-44(40)47(42)6-3)34-21-24-43-39(27-34)37-14-10-11-15-41(37)46(43)5-2/h4,7-29H,1,5-6,30H2,2-3H3. The summed E-state index contributed by atoms with van der Waals surface area (Å²) in [5.74, 6) is 0. The highest BCUT2D eigenvalue weighted by molar-refractivity contribution is 6.12. The first kappa shape index (κ1) is 29.5. The minimum Gasteiger partial charge on any atom is -0.341 e. The molecule has 0 fully saturated rings. The van der Waals surface area contributed by atoms with Gasteiger partial charge in [0.05, 0.1) is 18.4 Å². The molecule has 2 heterocycles. The van der Waals surface area contributed by atoms with Crippen LogP contribution in [0.4, 0.5) is 5.69 Å². The zero-order valence-electron chi connectivity index (χ0n) is 27.5. The van der Waals surface area contributed by atoms with Crippen LogP contribution >= 0.6 is 0 Å². The number of nitrogens with zero attached hydrogens (tertiary/aromatic N) is 4. The van der Waals surface area contributed by atoms with Crippen molar-refractivity contribution in [2.24, 2.45) is 5.10 Å². The number of hydrogen-bond donors (Lipinski definition) is 0. The van der Waals surface area contributed by atoms with E-state index < -0.39 is 0 Å². The van der Waals surface area contributed by atoms with Gasteiger partial charge >= 0.3 is 0 Å². The van der Waals surface area contributed by atoms with E-state index in [4.69, 9.17) is 5.10 Å². The number of hydrogen-bond acceptors (Lipinski definition) is 2. The van der Waals surface area contributed by atoms with Crippen LogP contribution in [-0.2, 0) is 19.6 Å². The number of benzene rings is 6. The van der Waals surface area contributed by atoms with Crippen molar-refractivity contribution in [3.8, 4) is 11.1 Å². The second-order valence-electron chi connectivity index (χ2n) is 12.3. The lowest BCUT2D eigenvalue weighted by molar-refractivity contribution is 0.827. The van der Waals surface area contributed by atoms with E-state index in [0.29, 0.717) is 6.54 Å². The zero-order valence-corrected chi connectivity index (χ0v) is 27.5. The second kappa shape index (κ2) is 12.4. The average molecular weight is 623 g/mol. The number of aromatic nitrogens is 2. The summed E-state index contributed by atoms with van der Waals surface area (Å²) in [4.78, 5) is 0. The maximum Gasteiger partial charge on any atom is 0.0666 e. The predicted octanol–water partition coefficient (Wildman–Crippen LogP) is 11.3. The molecular formula is C44H38N4. The molecule has 0 N–H and O–H groups in total. The summed E-state index contributed by atoms with van der Waals surface area (Å²) in [5, 5.41) is 12.2. The molecule has 0 saturated heterocycles. The maximum absolute atomic E-state index is 5.02. The maximum atomic E-state index is 5.02. The number of hydrazone groups is 1. The number of rotatable bonds is 9. The van der Waals surface area contributed by atoms with E-state index in [2.05, 4.69) is 162 Å². The van der Waals surface area contributed by atoms with E-state index in [-0.39, 0.29) is 0 Å². The third kappa shape index (κ3) is 5.16. The average Bonchev–Trinajstić information content (AvgIpc) is 3.64. The summed E-state index contributed by atoms with van der Waals surface area (Å²) < 4.78 is 4.82. The molecule has 8 rings (SSSR count). The Morgan fingerprint density at radius 2 is 1.10 bits per heavy atom. The van der Waals surface area contributed by atoms with Crippen LogP contribution in [0.15, 0.2) is 145 Å². The summed E-state index contributed by atoms with van der Waals surface area (Å²) in [6.07, 6.45) is 3.86. The summed E-state index contributed by atoms with van der Waals surface area (Å²) in [6, 6.07) is 48.2. The minimum absolute atomic E-state index is 0.667. The molecule has 0 aliphatic heterocycles. The van der Waals surface area contributed by atoms with Gasteiger partial charge in [-0.25, -0.2) is 0 Å². The van der Waals surface area contributed by atoms with E-state index in [1.807, 2.05) is 18.4 Å². The number of para-hydroxylation sites is 2. The Kier molecular flexibility index (Phi) is 7.62.